The summed E-state index contributed by atoms with van der Waals surface area (Å²) >= 11 is 0. The Labute approximate surface area is 174 Å². The molecule has 1 atom stereocenters. The molecule has 0 aromatic heterocycles. The fourth-order valence-electron chi connectivity index (χ4n) is 3.43. The van der Waals surface area contributed by atoms with Crippen molar-refractivity contribution < 1.29 is 28.6 Å². The monoisotopic (exact) mass is 413 g/mol. The predicted octanol–water partition coefficient (Wildman–Crippen LogP) is 3.68. The molecule has 0 saturated carbocycles. The van der Waals surface area contributed by atoms with E-state index in [0.717, 1.165) is 6.42 Å². The molecule has 0 spiro atoms. The van der Waals surface area contributed by atoms with Gasteiger partial charge < -0.3 is 19.5 Å². The third kappa shape index (κ3) is 4.21. The standard InChI is InChI=1S/C23H24FNO5/c1-3-12-30-16-8-6-7-15(14-16)21(26)19-20(17-9-4-5-10-18(17)24)25(11-13-29-2)23(28)22(19)27/h4-10,14,20,26H,3,11-13H2,1-2H3/b21-19-. The maximum absolute atomic E-state index is 14.6. The zero-order valence-electron chi connectivity index (χ0n) is 16.9. The molecular weight excluding hydrogens is 389 g/mol. The van der Waals surface area contributed by atoms with Gasteiger partial charge in [0.25, 0.3) is 11.7 Å². The van der Waals surface area contributed by atoms with E-state index in [1.54, 1.807) is 30.3 Å². The highest BCUT2D eigenvalue weighted by atomic mass is 19.1. The number of carbonyl (C=O) groups excluding carboxylic acids is 2. The summed E-state index contributed by atoms with van der Waals surface area (Å²) in [5, 5.41) is 11.0. The lowest BCUT2D eigenvalue weighted by Crippen LogP contribution is -2.33. The Morgan fingerprint density at radius 1 is 1.13 bits per heavy atom. The Hall–Kier alpha value is -3.19. The number of carbonyl (C=O) groups is 2. The lowest BCUT2D eigenvalue weighted by Gasteiger charge is -2.25. The quantitative estimate of drug-likeness (QED) is 0.406. The first-order chi connectivity index (χ1) is 14.5. The van der Waals surface area contributed by atoms with Gasteiger partial charge in [-0.05, 0) is 24.6 Å². The summed E-state index contributed by atoms with van der Waals surface area (Å²) in [6, 6.07) is 11.5. The number of aliphatic hydroxyl groups is 1. The summed E-state index contributed by atoms with van der Waals surface area (Å²) in [5.41, 5.74) is 0.288. The van der Waals surface area contributed by atoms with Gasteiger partial charge in [0, 0.05) is 24.8 Å². The topological polar surface area (TPSA) is 76.1 Å². The number of amides is 1. The number of likely N-dealkylation sites (tertiary alicyclic amines) is 1. The number of rotatable bonds is 8. The van der Waals surface area contributed by atoms with Gasteiger partial charge in [-0.1, -0.05) is 37.3 Å². The normalized spacial score (nSPS) is 18.1. The summed E-state index contributed by atoms with van der Waals surface area (Å²) < 4.78 is 25.3. The first-order valence-electron chi connectivity index (χ1n) is 9.74. The zero-order chi connectivity index (χ0) is 21.7. The molecule has 0 aliphatic carbocycles. The first kappa shape index (κ1) is 21.5. The fraction of sp³-hybridized carbons (Fsp3) is 0.304. The minimum atomic E-state index is -1.05. The van der Waals surface area contributed by atoms with E-state index < -0.39 is 23.5 Å². The van der Waals surface area contributed by atoms with Gasteiger partial charge in [-0.15, -0.1) is 0 Å². The van der Waals surface area contributed by atoms with Gasteiger partial charge in [0.15, 0.2) is 0 Å². The van der Waals surface area contributed by atoms with Gasteiger partial charge in [-0.25, -0.2) is 4.39 Å². The molecule has 2 aromatic carbocycles. The van der Waals surface area contributed by atoms with Crippen LogP contribution in [-0.4, -0.2) is 48.6 Å². The average molecular weight is 413 g/mol. The van der Waals surface area contributed by atoms with Crippen LogP contribution >= 0.6 is 0 Å². The zero-order valence-corrected chi connectivity index (χ0v) is 16.9. The molecule has 0 bridgehead atoms. The van der Waals surface area contributed by atoms with Crippen molar-refractivity contribution in [2.75, 3.05) is 26.9 Å². The molecule has 1 N–H and O–H groups in total. The van der Waals surface area contributed by atoms with E-state index in [2.05, 4.69) is 0 Å². The van der Waals surface area contributed by atoms with Gasteiger partial charge in [0.1, 0.15) is 17.3 Å². The van der Waals surface area contributed by atoms with Crippen LogP contribution in [0.15, 0.2) is 54.1 Å². The molecule has 6 nitrogen and oxygen atoms in total. The van der Waals surface area contributed by atoms with Crippen LogP contribution in [0.3, 0.4) is 0 Å². The number of methoxy groups -OCH3 is 1. The highest BCUT2D eigenvalue weighted by molar-refractivity contribution is 6.46. The number of ketones is 1. The van der Waals surface area contributed by atoms with Crippen molar-refractivity contribution in [2.45, 2.75) is 19.4 Å². The smallest absolute Gasteiger partial charge is 0.295 e. The minimum Gasteiger partial charge on any atom is -0.507 e. The first-order valence-corrected chi connectivity index (χ1v) is 9.74. The van der Waals surface area contributed by atoms with Gasteiger partial charge in [0.2, 0.25) is 0 Å². The molecule has 7 heteroatoms. The molecule has 1 unspecified atom stereocenters. The number of nitrogens with zero attached hydrogens (tertiary/aromatic N) is 1. The van der Waals surface area contributed by atoms with Crippen LogP contribution in [0.4, 0.5) is 4.39 Å². The predicted molar refractivity (Wildman–Crippen MR) is 110 cm³/mol. The SMILES string of the molecule is CCCOc1cccc(/C(O)=C2/C(=O)C(=O)N(CCOC)C2c2ccccc2F)c1. The van der Waals surface area contributed by atoms with Crippen LogP contribution < -0.4 is 4.74 Å². The Kier molecular flexibility index (Phi) is 6.84. The Morgan fingerprint density at radius 3 is 2.60 bits per heavy atom. The van der Waals surface area contributed by atoms with E-state index in [1.165, 1.54) is 30.2 Å². The Morgan fingerprint density at radius 2 is 1.90 bits per heavy atom. The lowest BCUT2D eigenvalue weighted by molar-refractivity contribution is -0.140. The molecule has 158 valence electrons. The summed E-state index contributed by atoms with van der Waals surface area (Å²) in [6.45, 7) is 2.72. The van der Waals surface area contributed by atoms with Crippen LogP contribution in [-0.2, 0) is 14.3 Å². The van der Waals surface area contributed by atoms with E-state index in [-0.39, 0.29) is 30.0 Å². The van der Waals surface area contributed by atoms with Gasteiger partial charge in [0.05, 0.1) is 24.8 Å². The van der Waals surface area contributed by atoms with E-state index in [9.17, 15) is 19.1 Å². The van der Waals surface area contributed by atoms with Crippen molar-refractivity contribution in [3.63, 3.8) is 0 Å². The number of Topliss-reactive ketones (excluding diaryl/α,β-unsaturated/α-hetero) is 1. The third-order valence-electron chi connectivity index (χ3n) is 4.86. The summed E-state index contributed by atoms with van der Waals surface area (Å²) in [4.78, 5) is 26.8. The summed E-state index contributed by atoms with van der Waals surface area (Å²) in [6.07, 6.45) is 0.814. The van der Waals surface area contributed by atoms with Crippen LogP contribution in [0.5, 0.6) is 5.75 Å². The molecule has 0 radical (unpaired) electrons. The van der Waals surface area contributed by atoms with Crippen LogP contribution in [0.25, 0.3) is 5.76 Å². The highest BCUT2D eigenvalue weighted by Crippen LogP contribution is 2.40. The van der Waals surface area contributed by atoms with Crippen molar-refractivity contribution in [3.8, 4) is 5.75 Å². The number of hydrogen-bond acceptors (Lipinski definition) is 5. The van der Waals surface area contributed by atoms with E-state index in [0.29, 0.717) is 17.9 Å². The maximum atomic E-state index is 14.6. The van der Waals surface area contributed by atoms with Crippen molar-refractivity contribution in [1.82, 2.24) is 4.90 Å². The molecule has 1 saturated heterocycles. The second-order valence-corrected chi connectivity index (χ2v) is 6.88. The highest BCUT2D eigenvalue weighted by Gasteiger charge is 2.46. The van der Waals surface area contributed by atoms with Gasteiger partial charge in [-0.2, -0.15) is 0 Å². The van der Waals surface area contributed by atoms with E-state index in [4.69, 9.17) is 9.47 Å². The van der Waals surface area contributed by atoms with Gasteiger partial charge in [-0.3, -0.25) is 9.59 Å². The second kappa shape index (κ2) is 9.54. The molecule has 1 aliphatic rings. The van der Waals surface area contributed by atoms with Crippen molar-refractivity contribution in [2.24, 2.45) is 0 Å². The second-order valence-electron chi connectivity index (χ2n) is 6.88. The molecule has 30 heavy (non-hydrogen) atoms. The molecule has 1 amide bonds. The number of benzene rings is 2. The number of halogens is 1. The molecular formula is C23H24FNO5. The largest absolute Gasteiger partial charge is 0.507 e. The molecule has 1 aliphatic heterocycles. The van der Waals surface area contributed by atoms with Gasteiger partial charge >= 0.3 is 0 Å². The number of ether oxygens (including phenoxy) is 2. The fourth-order valence-corrected chi connectivity index (χ4v) is 3.43. The van der Waals surface area contributed by atoms with Crippen LogP contribution in [0.1, 0.15) is 30.5 Å². The average Bonchev–Trinajstić information content (AvgIpc) is 3.00. The molecule has 3 rings (SSSR count). The van der Waals surface area contributed by atoms with E-state index in [1.807, 2.05) is 6.92 Å². The number of hydrogen-bond donors (Lipinski definition) is 1. The minimum absolute atomic E-state index is 0.0799. The van der Waals surface area contributed by atoms with Crippen LogP contribution in [0, 0.1) is 5.82 Å². The van der Waals surface area contributed by atoms with Crippen LogP contribution in [0.2, 0.25) is 0 Å². The maximum Gasteiger partial charge on any atom is 0.295 e. The van der Waals surface area contributed by atoms with E-state index >= 15 is 0 Å². The van der Waals surface area contributed by atoms with Crippen molar-refractivity contribution >= 4 is 17.4 Å². The Balaban J connectivity index is 2.13. The third-order valence-corrected chi connectivity index (χ3v) is 4.86. The van der Waals surface area contributed by atoms with Crippen molar-refractivity contribution in [3.05, 3.63) is 71.0 Å². The summed E-state index contributed by atoms with van der Waals surface area (Å²) in [7, 11) is 1.47. The lowest BCUT2D eigenvalue weighted by atomic mass is 9.95. The Bertz CT molecular complexity index is 972. The summed E-state index contributed by atoms with van der Waals surface area (Å²) in [5.74, 6) is -2.09. The number of aliphatic hydroxyl groups excluding tert-OH is 1. The van der Waals surface area contributed by atoms with Crippen molar-refractivity contribution in [1.29, 1.82) is 0 Å². The molecule has 1 heterocycles. The molecule has 2 aromatic rings. The molecule has 1 fully saturated rings.